The van der Waals surface area contributed by atoms with Crippen LogP contribution in [0.25, 0.3) is 0 Å². The van der Waals surface area contributed by atoms with Gasteiger partial charge in [-0.2, -0.15) is 0 Å². The van der Waals surface area contributed by atoms with Crippen molar-refractivity contribution < 1.29 is 14.5 Å². The average Bonchev–Trinajstić information content (AvgIpc) is 3.01. The summed E-state index contributed by atoms with van der Waals surface area (Å²) >= 11 is 0. The molecule has 1 aromatic heterocycles. The molecular weight excluding hydrogens is 274 g/mol. The molecule has 2 aromatic rings. The van der Waals surface area contributed by atoms with Crippen molar-refractivity contribution in [1.82, 2.24) is 9.55 Å². The van der Waals surface area contributed by atoms with E-state index in [1.165, 1.54) is 19.4 Å². The number of nitro groups is 1. The Morgan fingerprint density at radius 1 is 1.48 bits per heavy atom. The summed E-state index contributed by atoms with van der Waals surface area (Å²) in [5.41, 5.74) is 2.07. The molecule has 21 heavy (non-hydrogen) atoms. The minimum Gasteiger partial charge on any atom is -0.460 e. The van der Waals surface area contributed by atoms with Crippen molar-refractivity contribution in [1.29, 1.82) is 0 Å². The molecule has 0 saturated heterocycles. The van der Waals surface area contributed by atoms with Crippen LogP contribution in [0.5, 0.6) is 0 Å². The number of aromatic nitrogens is 2. The Morgan fingerprint density at radius 2 is 2.24 bits per heavy atom. The predicted molar refractivity (Wildman–Crippen MR) is 72.7 cm³/mol. The smallest absolute Gasteiger partial charge is 0.381 e. The highest BCUT2D eigenvalue weighted by atomic mass is 16.6. The van der Waals surface area contributed by atoms with Crippen LogP contribution in [0.1, 0.15) is 24.1 Å². The Hall–Kier alpha value is -2.70. The van der Waals surface area contributed by atoms with Crippen LogP contribution in [-0.4, -0.2) is 26.5 Å². The summed E-state index contributed by atoms with van der Waals surface area (Å²) < 4.78 is 7.01. The first kappa shape index (κ1) is 13.3. The summed E-state index contributed by atoms with van der Waals surface area (Å²) in [5, 5.41) is 10.8. The molecule has 7 heteroatoms. The molecule has 1 heterocycles. The number of hydrogen-bond donors (Lipinski definition) is 0. The molecule has 3 rings (SSSR count). The maximum Gasteiger partial charge on any atom is 0.381 e. The van der Waals surface area contributed by atoms with Gasteiger partial charge < -0.3 is 14.9 Å². The summed E-state index contributed by atoms with van der Waals surface area (Å²) in [5.74, 6) is -0.589. The summed E-state index contributed by atoms with van der Waals surface area (Å²) in [6, 6.07) is 7.44. The van der Waals surface area contributed by atoms with Gasteiger partial charge in [-0.3, -0.25) is 9.36 Å². The largest absolute Gasteiger partial charge is 0.460 e. The average molecular weight is 287 g/mol. The number of nitrogens with zero attached hydrogens (tertiary/aromatic N) is 3. The molecular formula is C14H13N3O4. The fourth-order valence-corrected chi connectivity index (χ4v) is 2.78. The molecule has 2 atom stereocenters. The minimum atomic E-state index is -0.543. The third-order valence-corrected chi connectivity index (χ3v) is 3.56. The van der Waals surface area contributed by atoms with Crippen molar-refractivity contribution in [3.8, 4) is 0 Å². The Kier molecular flexibility index (Phi) is 3.17. The van der Waals surface area contributed by atoms with E-state index in [1.807, 2.05) is 24.3 Å². The van der Waals surface area contributed by atoms with Crippen LogP contribution in [0.4, 0.5) is 5.82 Å². The van der Waals surface area contributed by atoms with Gasteiger partial charge in [0, 0.05) is 13.3 Å². The van der Waals surface area contributed by atoms with Crippen molar-refractivity contribution in [3.63, 3.8) is 0 Å². The number of benzene rings is 1. The molecule has 1 aromatic carbocycles. The van der Waals surface area contributed by atoms with Gasteiger partial charge in [0.1, 0.15) is 12.3 Å². The van der Waals surface area contributed by atoms with E-state index in [0.29, 0.717) is 6.42 Å². The number of ether oxygens (including phenoxy) is 1. The highest BCUT2D eigenvalue weighted by Gasteiger charge is 2.36. The number of imidazole rings is 1. The maximum atomic E-state index is 11.3. The van der Waals surface area contributed by atoms with E-state index in [-0.39, 0.29) is 23.9 Å². The van der Waals surface area contributed by atoms with Gasteiger partial charge in [0.2, 0.25) is 6.33 Å². The SMILES string of the molecule is CC(=O)O[C@@H]1Cc2ccccc2[C@H]1n1cnc([N+](=O)[O-])c1. The van der Waals surface area contributed by atoms with Gasteiger partial charge in [0.15, 0.2) is 0 Å². The Balaban J connectivity index is 2.01. The monoisotopic (exact) mass is 287 g/mol. The van der Waals surface area contributed by atoms with E-state index in [2.05, 4.69) is 4.98 Å². The Bertz CT molecular complexity index is 710. The standard InChI is InChI=1S/C14H13N3O4/c1-9(18)21-12-6-10-4-2-3-5-11(10)14(12)16-7-13(15-8-16)17(19)20/h2-5,7-8,12,14H,6H2,1H3/t12-,14-/m1/s1. The van der Waals surface area contributed by atoms with E-state index < -0.39 is 4.92 Å². The van der Waals surface area contributed by atoms with E-state index >= 15 is 0 Å². The summed E-state index contributed by atoms with van der Waals surface area (Å²) in [4.78, 5) is 25.3. The molecule has 0 unspecified atom stereocenters. The van der Waals surface area contributed by atoms with Crippen molar-refractivity contribution in [2.24, 2.45) is 0 Å². The summed E-state index contributed by atoms with van der Waals surface area (Å²) in [6.07, 6.45) is 2.98. The van der Waals surface area contributed by atoms with Gasteiger partial charge in [0.05, 0.1) is 6.04 Å². The fourth-order valence-electron chi connectivity index (χ4n) is 2.78. The molecule has 1 aliphatic carbocycles. The topological polar surface area (TPSA) is 87.3 Å². The van der Waals surface area contributed by atoms with E-state index in [0.717, 1.165) is 11.1 Å². The zero-order valence-electron chi connectivity index (χ0n) is 11.3. The molecule has 7 nitrogen and oxygen atoms in total. The van der Waals surface area contributed by atoms with Gasteiger partial charge in [-0.1, -0.05) is 24.3 Å². The Labute approximate surface area is 120 Å². The lowest BCUT2D eigenvalue weighted by Crippen LogP contribution is -2.25. The van der Waals surface area contributed by atoms with Crippen molar-refractivity contribution >= 4 is 11.8 Å². The third-order valence-electron chi connectivity index (χ3n) is 3.56. The maximum absolute atomic E-state index is 11.3. The Morgan fingerprint density at radius 3 is 2.90 bits per heavy atom. The second kappa shape index (κ2) is 5.01. The molecule has 0 aliphatic heterocycles. The lowest BCUT2D eigenvalue weighted by Gasteiger charge is -2.20. The van der Waals surface area contributed by atoms with E-state index in [9.17, 15) is 14.9 Å². The first-order chi connectivity index (χ1) is 10.1. The number of hydrogen-bond acceptors (Lipinski definition) is 5. The van der Waals surface area contributed by atoms with Crippen molar-refractivity contribution in [3.05, 3.63) is 58.0 Å². The zero-order chi connectivity index (χ0) is 15.0. The highest BCUT2D eigenvalue weighted by molar-refractivity contribution is 5.66. The number of carbonyl (C=O) groups excluding carboxylic acids is 1. The first-order valence-electron chi connectivity index (χ1n) is 6.49. The first-order valence-corrected chi connectivity index (χ1v) is 6.49. The van der Waals surface area contributed by atoms with Gasteiger partial charge in [-0.05, 0) is 21.0 Å². The molecule has 1 aliphatic rings. The van der Waals surface area contributed by atoms with E-state index in [1.54, 1.807) is 4.57 Å². The highest BCUT2D eigenvalue weighted by Crippen LogP contribution is 2.36. The van der Waals surface area contributed by atoms with Crippen LogP contribution in [0, 0.1) is 10.1 Å². The lowest BCUT2D eigenvalue weighted by atomic mass is 10.1. The zero-order valence-corrected chi connectivity index (χ0v) is 11.3. The van der Waals surface area contributed by atoms with Crippen molar-refractivity contribution in [2.75, 3.05) is 0 Å². The minimum absolute atomic E-state index is 0.221. The summed E-state index contributed by atoms with van der Waals surface area (Å²) in [7, 11) is 0. The number of esters is 1. The fraction of sp³-hybridized carbons (Fsp3) is 0.286. The van der Waals surface area contributed by atoms with Crippen LogP contribution in [0.15, 0.2) is 36.8 Å². The normalized spacial score (nSPS) is 20.0. The van der Waals surface area contributed by atoms with Gasteiger partial charge in [0.25, 0.3) is 0 Å². The molecule has 0 amide bonds. The summed E-state index contributed by atoms with van der Waals surface area (Å²) in [6.45, 7) is 1.36. The van der Waals surface area contributed by atoms with Crippen LogP contribution in [0.3, 0.4) is 0 Å². The molecule has 108 valence electrons. The molecule has 0 spiro atoms. The lowest BCUT2D eigenvalue weighted by molar-refractivity contribution is -0.389. The second-order valence-corrected chi connectivity index (χ2v) is 4.93. The molecule has 0 bridgehead atoms. The van der Waals surface area contributed by atoms with Crippen molar-refractivity contribution in [2.45, 2.75) is 25.5 Å². The van der Waals surface area contributed by atoms with Gasteiger partial charge in [-0.25, -0.2) is 0 Å². The number of rotatable bonds is 3. The molecule has 0 fully saturated rings. The van der Waals surface area contributed by atoms with E-state index in [4.69, 9.17) is 4.74 Å². The van der Waals surface area contributed by atoms with Gasteiger partial charge in [-0.15, -0.1) is 0 Å². The molecule has 0 saturated carbocycles. The predicted octanol–water partition coefficient (Wildman–Crippen LogP) is 1.87. The van der Waals surface area contributed by atoms with Crippen LogP contribution in [-0.2, 0) is 16.0 Å². The quantitative estimate of drug-likeness (QED) is 0.488. The molecule has 0 N–H and O–H groups in total. The van der Waals surface area contributed by atoms with Crippen LogP contribution < -0.4 is 0 Å². The third kappa shape index (κ3) is 2.37. The molecule has 0 radical (unpaired) electrons. The van der Waals surface area contributed by atoms with Gasteiger partial charge >= 0.3 is 11.8 Å². The van der Waals surface area contributed by atoms with Crippen LogP contribution >= 0.6 is 0 Å². The second-order valence-electron chi connectivity index (χ2n) is 4.93. The number of fused-ring (bicyclic) bond motifs is 1. The van der Waals surface area contributed by atoms with Crippen LogP contribution in [0.2, 0.25) is 0 Å². The number of carbonyl (C=O) groups is 1.